The second-order valence-corrected chi connectivity index (χ2v) is 2.64. The fourth-order valence-corrected chi connectivity index (χ4v) is 0.990. The van der Waals surface area contributed by atoms with E-state index < -0.39 is 12.3 Å². The van der Waals surface area contributed by atoms with Gasteiger partial charge in [-0.25, -0.2) is 13.2 Å². The molecule has 0 heterocycles. The third-order valence-corrected chi connectivity index (χ3v) is 1.76. The predicted molar refractivity (Wildman–Crippen MR) is 46.1 cm³/mol. The first-order valence-corrected chi connectivity index (χ1v) is 3.82. The molecule has 0 aliphatic heterocycles. The average molecular weight is 186 g/mol. The highest BCUT2D eigenvalue weighted by Crippen LogP contribution is 2.23. The van der Waals surface area contributed by atoms with Gasteiger partial charge in [-0.2, -0.15) is 0 Å². The Kier molecular flexibility index (Phi) is 3.12. The average Bonchev–Trinajstić information content (AvgIpc) is 2.17. The molecule has 0 N–H and O–H groups in total. The van der Waals surface area contributed by atoms with Gasteiger partial charge < -0.3 is 0 Å². The molecule has 0 unspecified atom stereocenters. The maximum Gasteiger partial charge on any atom is 0.289 e. The molecule has 3 heteroatoms. The number of rotatable bonds is 2. The van der Waals surface area contributed by atoms with Crippen molar-refractivity contribution in [1.82, 2.24) is 0 Å². The molecule has 0 radical (unpaired) electrons. The molecule has 0 aliphatic rings. The fourth-order valence-electron chi connectivity index (χ4n) is 0.990. The third kappa shape index (κ3) is 2.34. The molecule has 0 bridgehead atoms. The van der Waals surface area contributed by atoms with Crippen LogP contribution in [0.2, 0.25) is 0 Å². The van der Waals surface area contributed by atoms with Crippen molar-refractivity contribution in [2.45, 2.75) is 13.3 Å². The molecule has 70 valence electrons. The predicted octanol–water partition coefficient (Wildman–Crippen LogP) is 3.65. The van der Waals surface area contributed by atoms with E-state index in [1.54, 1.807) is 30.3 Å². The van der Waals surface area contributed by atoms with E-state index in [-0.39, 0.29) is 5.57 Å². The molecule has 0 fully saturated rings. The minimum absolute atomic E-state index is 0.00407. The number of halogens is 3. The Morgan fingerprint density at radius 3 is 2.15 bits per heavy atom. The molecule has 1 aromatic carbocycles. The zero-order chi connectivity index (χ0) is 9.84. The molecule has 1 rings (SSSR count). The minimum Gasteiger partial charge on any atom is -0.205 e. The standard InChI is InChI=1S/C10H9F3/c1-7(9(11)10(12)13)8-5-3-2-4-6-8/h2-6,10H,1H3/b9-7+. The Morgan fingerprint density at radius 1 is 1.15 bits per heavy atom. The maximum absolute atomic E-state index is 12.7. The van der Waals surface area contributed by atoms with E-state index in [1.807, 2.05) is 0 Å². The first-order chi connectivity index (χ1) is 6.13. The van der Waals surface area contributed by atoms with Crippen LogP contribution in [0.5, 0.6) is 0 Å². The lowest BCUT2D eigenvalue weighted by Crippen LogP contribution is -1.94. The van der Waals surface area contributed by atoms with Gasteiger partial charge in [0, 0.05) is 0 Å². The van der Waals surface area contributed by atoms with E-state index in [2.05, 4.69) is 0 Å². The van der Waals surface area contributed by atoms with Crippen molar-refractivity contribution < 1.29 is 13.2 Å². The zero-order valence-corrected chi connectivity index (χ0v) is 7.10. The third-order valence-electron chi connectivity index (χ3n) is 1.76. The van der Waals surface area contributed by atoms with Crippen LogP contribution in [-0.4, -0.2) is 6.43 Å². The lowest BCUT2D eigenvalue weighted by atomic mass is 10.1. The van der Waals surface area contributed by atoms with Crippen molar-refractivity contribution in [3.05, 3.63) is 41.7 Å². The van der Waals surface area contributed by atoms with Crippen LogP contribution in [-0.2, 0) is 0 Å². The Hall–Kier alpha value is -1.25. The van der Waals surface area contributed by atoms with Crippen LogP contribution in [0.1, 0.15) is 12.5 Å². The van der Waals surface area contributed by atoms with Crippen LogP contribution in [0.15, 0.2) is 36.2 Å². The molecule has 1 aromatic rings. The fraction of sp³-hybridized carbons (Fsp3) is 0.200. The summed E-state index contributed by atoms with van der Waals surface area (Å²) in [5.74, 6) is -1.36. The summed E-state index contributed by atoms with van der Waals surface area (Å²) in [5, 5.41) is 0. The molecule has 0 amide bonds. The number of hydrogen-bond acceptors (Lipinski definition) is 0. The van der Waals surface area contributed by atoms with Crippen LogP contribution >= 0.6 is 0 Å². The van der Waals surface area contributed by atoms with Crippen molar-refractivity contribution in [2.75, 3.05) is 0 Å². The second kappa shape index (κ2) is 4.12. The Labute approximate surface area is 74.7 Å². The van der Waals surface area contributed by atoms with Gasteiger partial charge in [0.15, 0.2) is 5.83 Å². The van der Waals surface area contributed by atoms with Gasteiger partial charge in [-0.15, -0.1) is 0 Å². The topological polar surface area (TPSA) is 0 Å². The number of hydrogen-bond donors (Lipinski definition) is 0. The van der Waals surface area contributed by atoms with Gasteiger partial charge >= 0.3 is 0 Å². The van der Waals surface area contributed by atoms with E-state index in [9.17, 15) is 13.2 Å². The van der Waals surface area contributed by atoms with Gasteiger partial charge in [0.05, 0.1) is 0 Å². The summed E-state index contributed by atoms with van der Waals surface area (Å²) >= 11 is 0. The van der Waals surface area contributed by atoms with Crippen molar-refractivity contribution >= 4 is 5.57 Å². The largest absolute Gasteiger partial charge is 0.289 e. The highest BCUT2D eigenvalue weighted by Gasteiger charge is 2.14. The summed E-state index contributed by atoms with van der Waals surface area (Å²) in [6.07, 6.45) is -3.03. The quantitative estimate of drug-likeness (QED) is 0.661. The summed E-state index contributed by atoms with van der Waals surface area (Å²) in [6, 6.07) is 8.29. The molecule has 13 heavy (non-hydrogen) atoms. The molecular formula is C10H9F3. The van der Waals surface area contributed by atoms with Gasteiger partial charge in [-0.1, -0.05) is 30.3 Å². The summed E-state index contributed by atoms with van der Waals surface area (Å²) in [4.78, 5) is 0. The molecule has 0 saturated heterocycles. The number of alkyl halides is 2. The lowest BCUT2D eigenvalue weighted by molar-refractivity contribution is 0.160. The Balaban J connectivity index is 3.03. The molecule has 0 saturated carbocycles. The number of allylic oxidation sites excluding steroid dienone is 2. The van der Waals surface area contributed by atoms with E-state index in [4.69, 9.17) is 0 Å². The van der Waals surface area contributed by atoms with Gasteiger partial charge in [0.1, 0.15) is 0 Å². The van der Waals surface area contributed by atoms with Crippen LogP contribution < -0.4 is 0 Å². The van der Waals surface area contributed by atoms with Crippen LogP contribution in [0.4, 0.5) is 13.2 Å². The number of benzene rings is 1. The van der Waals surface area contributed by atoms with Crippen molar-refractivity contribution in [3.8, 4) is 0 Å². The maximum atomic E-state index is 12.7. The van der Waals surface area contributed by atoms with E-state index in [0.717, 1.165) is 0 Å². The molecule has 0 atom stereocenters. The first kappa shape index (κ1) is 9.84. The van der Waals surface area contributed by atoms with Crippen LogP contribution in [0.25, 0.3) is 5.57 Å². The molecule has 0 nitrogen and oxygen atoms in total. The van der Waals surface area contributed by atoms with Gasteiger partial charge in [-0.3, -0.25) is 0 Å². The highest BCUT2D eigenvalue weighted by molar-refractivity contribution is 5.65. The van der Waals surface area contributed by atoms with Crippen LogP contribution in [0.3, 0.4) is 0 Å². The van der Waals surface area contributed by atoms with Crippen molar-refractivity contribution in [3.63, 3.8) is 0 Å². The molecule has 0 aromatic heterocycles. The molecular weight excluding hydrogens is 177 g/mol. The van der Waals surface area contributed by atoms with E-state index >= 15 is 0 Å². The van der Waals surface area contributed by atoms with E-state index in [0.29, 0.717) is 5.56 Å². The monoisotopic (exact) mass is 186 g/mol. The lowest BCUT2D eigenvalue weighted by Gasteiger charge is -2.03. The first-order valence-electron chi connectivity index (χ1n) is 3.82. The highest BCUT2D eigenvalue weighted by atomic mass is 19.3. The molecule has 0 spiro atoms. The summed E-state index contributed by atoms with van der Waals surface area (Å²) in [6.45, 7) is 1.34. The Morgan fingerprint density at radius 2 is 1.69 bits per heavy atom. The SMILES string of the molecule is C/C(=C(\F)C(F)F)c1ccccc1. The summed E-state index contributed by atoms with van der Waals surface area (Å²) < 4.78 is 36.6. The minimum atomic E-state index is -3.03. The molecule has 0 aliphatic carbocycles. The van der Waals surface area contributed by atoms with Gasteiger partial charge in [0.2, 0.25) is 0 Å². The zero-order valence-electron chi connectivity index (χ0n) is 7.10. The van der Waals surface area contributed by atoms with Crippen LogP contribution in [0, 0.1) is 0 Å². The summed E-state index contributed by atoms with van der Waals surface area (Å²) in [5.41, 5.74) is 0.482. The second-order valence-electron chi connectivity index (χ2n) is 2.64. The smallest absolute Gasteiger partial charge is 0.205 e. The van der Waals surface area contributed by atoms with Gasteiger partial charge in [-0.05, 0) is 18.1 Å². The Bertz CT molecular complexity index is 301. The van der Waals surface area contributed by atoms with E-state index in [1.165, 1.54) is 6.92 Å². The van der Waals surface area contributed by atoms with Gasteiger partial charge in [0.25, 0.3) is 6.43 Å². The van der Waals surface area contributed by atoms with Crippen molar-refractivity contribution in [1.29, 1.82) is 0 Å². The summed E-state index contributed by atoms with van der Waals surface area (Å²) in [7, 11) is 0. The normalized spacial score (nSPS) is 13.0. The van der Waals surface area contributed by atoms with Crippen molar-refractivity contribution in [2.24, 2.45) is 0 Å².